The van der Waals surface area contributed by atoms with Gasteiger partial charge < -0.3 is 4.90 Å². The van der Waals surface area contributed by atoms with E-state index in [1.807, 2.05) is 47.4 Å². The normalized spacial score (nSPS) is 16.9. The maximum atomic E-state index is 12.5. The lowest BCUT2D eigenvalue weighted by atomic mass is 10.1. The molecule has 4 heteroatoms. The van der Waals surface area contributed by atoms with Crippen LogP contribution in [0.2, 0.25) is 5.02 Å². The van der Waals surface area contributed by atoms with E-state index in [1.165, 1.54) is 5.56 Å². The van der Waals surface area contributed by atoms with Gasteiger partial charge in [0.25, 0.3) is 0 Å². The summed E-state index contributed by atoms with van der Waals surface area (Å²) in [7, 11) is 0. The summed E-state index contributed by atoms with van der Waals surface area (Å²) in [5.41, 5.74) is 2.32. The van der Waals surface area contributed by atoms with Crippen molar-refractivity contribution in [2.24, 2.45) is 0 Å². The van der Waals surface area contributed by atoms with E-state index in [4.69, 9.17) is 11.6 Å². The minimum absolute atomic E-state index is 0.160. The predicted octanol–water partition coefficient (Wildman–Crippen LogP) is 4.41. The summed E-state index contributed by atoms with van der Waals surface area (Å²) in [6.45, 7) is 2.10. The molecule has 0 radical (unpaired) electrons. The van der Waals surface area contributed by atoms with Gasteiger partial charge in [0, 0.05) is 21.6 Å². The highest BCUT2D eigenvalue weighted by Gasteiger charge is 2.30. The number of anilines is 1. The first kappa shape index (κ1) is 14.5. The van der Waals surface area contributed by atoms with Crippen LogP contribution < -0.4 is 4.90 Å². The molecule has 3 rings (SSSR count). The average molecular weight is 318 g/mol. The molecule has 1 aliphatic heterocycles. The van der Waals surface area contributed by atoms with Gasteiger partial charge in [-0.25, -0.2) is 0 Å². The zero-order chi connectivity index (χ0) is 14.8. The number of hydrogen-bond donors (Lipinski definition) is 0. The Balaban J connectivity index is 1.70. The van der Waals surface area contributed by atoms with E-state index in [0.29, 0.717) is 10.8 Å². The molecule has 0 aromatic heterocycles. The second kappa shape index (κ2) is 6.12. The number of halogens is 1. The quantitative estimate of drug-likeness (QED) is 0.782. The number of rotatable bonds is 3. The standard InChI is InChI=1S/C17H16ClNOS/c1-12-10-13-4-2-3-5-16(13)19(12)17(20)11-21-15-8-6-14(18)7-9-15/h2-9,12H,10-11H2,1H3. The van der Waals surface area contributed by atoms with Crippen LogP contribution in [0.4, 0.5) is 5.69 Å². The summed E-state index contributed by atoms with van der Waals surface area (Å²) in [6, 6.07) is 16.0. The molecule has 2 aromatic rings. The van der Waals surface area contributed by atoms with Crippen molar-refractivity contribution in [3.63, 3.8) is 0 Å². The van der Waals surface area contributed by atoms with Crippen LogP contribution in [-0.4, -0.2) is 17.7 Å². The van der Waals surface area contributed by atoms with Crippen molar-refractivity contribution < 1.29 is 4.79 Å². The maximum absolute atomic E-state index is 12.5. The Morgan fingerprint density at radius 3 is 2.71 bits per heavy atom. The molecular formula is C17H16ClNOS. The van der Waals surface area contributed by atoms with Crippen molar-refractivity contribution >= 4 is 35.0 Å². The second-order valence-electron chi connectivity index (χ2n) is 5.19. The zero-order valence-corrected chi connectivity index (χ0v) is 13.3. The Bertz CT molecular complexity index is 656. The molecule has 0 N–H and O–H groups in total. The van der Waals surface area contributed by atoms with Gasteiger partial charge in [0.2, 0.25) is 5.91 Å². The molecule has 0 saturated carbocycles. The molecule has 21 heavy (non-hydrogen) atoms. The number of nitrogens with zero attached hydrogens (tertiary/aromatic N) is 1. The molecule has 1 atom stereocenters. The van der Waals surface area contributed by atoms with Crippen LogP contribution in [0.1, 0.15) is 12.5 Å². The van der Waals surface area contributed by atoms with Gasteiger partial charge in [0.15, 0.2) is 0 Å². The topological polar surface area (TPSA) is 20.3 Å². The molecule has 2 nitrogen and oxygen atoms in total. The number of carbonyl (C=O) groups is 1. The fourth-order valence-electron chi connectivity index (χ4n) is 2.69. The van der Waals surface area contributed by atoms with Crippen LogP contribution in [-0.2, 0) is 11.2 Å². The first-order valence-corrected chi connectivity index (χ1v) is 8.30. The van der Waals surface area contributed by atoms with E-state index >= 15 is 0 Å². The van der Waals surface area contributed by atoms with Crippen LogP contribution in [0.3, 0.4) is 0 Å². The number of fused-ring (bicyclic) bond motifs is 1. The van der Waals surface area contributed by atoms with E-state index in [2.05, 4.69) is 13.0 Å². The molecule has 0 fully saturated rings. The SMILES string of the molecule is CC1Cc2ccccc2N1C(=O)CSc1ccc(Cl)cc1. The largest absolute Gasteiger partial charge is 0.308 e. The summed E-state index contributed by atoms with van der Waals surface area (Å²) < 4.78 is 0. The van der Waals surface area contributed by atoms with Crippen molar-refractivity contribution in [2.75, 3.05) is 10.7 Å². The fraction of sp³-hybridized carbons (Fsp3) is 0.235. The number of benzene rings is 2. The van der Waals surface area contributed by atoms with Crippen LogP contribution >= 0.6 is 23.4 Å². The van der Waals surface area contributed by atoms with Crippen molar-refractivity contribution in [1.29, 1.82) is 0 Å². The third-order valence-electron chi connectivity index (χ3n) is 3.65. The van der Waals surface area contributed by atoms with Crippen molar-refractivity contribution in [3.05, 3.63) is 59.1 Å². The molecule has 1 amide bonds. The molecular weight excluding hydrogens is 302 g/mol. The van der Waals surface area contributed by atoms with E-state index in [0.717, 1.165) is 17.0 Å². The van der Waals surface area contributed by atoms with E-state index < -0.39 is 0 Å². The molecule has 0 bridgehead atoms. The summed E-state index contributed by atoms with van der Waals surface area (Å²) >= 11 is 7.42. The van der Waals surface area contributed by atoms with Gasteiger partial charge in [0.05, 0.1) is 5.75 Å². The summed E-state index contributed by atoms with van der Waals surface area (Å²) in [5, 5.41) is 0.716. The predicted molar refractivity (Wildman–Crippen MR) is 89.3 cm³/mol. The summed E-state index contributed by atoms with van der Waals surface area (Å²) in [5.74, 6) is 0.604. The molecule has 2 aromatic carbocycles. The molecule has 1 aliphatic rings. The molecule has 1 unspecified atom stereocenters. The molecule has 0 aliphatic carbocycles. The number of para-hydroxylation sites is 1. The Hall–Kier alpha value is -1.45. The third kappa shape index (κ3) is 3.09. The maximum Gasteiger partial charge on any atom is 0.237 e. The number of amides is 1. The third-order valence-corrected chi connectivity index (χ3v) is 4.90. The zero-order valence-electron chi connectivity index (χ0n) is 11.8. The van der Waals surface area contributed by atoms with Crippen LogP contribution in [0.25, 0.3) is 0 Å². The van der Waals surface area contributed by atoms with Crippen LogP contribution in [0, 0.1) is 0 Å². The Morgan fingerprint density at radius 1 is 1.24 bits per heavy atom. The first-order chi connectivity index (χ1) is 10.1. The first-order valence-electron chi connectivity index (χ1n) is 6.93. The number of hydrogen-bond acceptors (Lipinski definition) is 2. The lowest BCUT2D eigenvalue weighted by molar-refractivity contribution is -0.116. The minimum Gasteiger partial charge on any atom is -0.308 e. The van der Waals surface area contributed by atoms with E-state index in [-0.39, 0.29) is 11.9 Å². The lowest BCUT2D eigenvalue weighted by Gasteiger charge is -2.22. The van der Waals surface area contributed by atoms with Crippen LogP contribution in [0.15, 0.2) is 53.4 Å². The van der Waals surface area contributed by atoms with Gasteiger partial charge in [0.1, 0.15) is 0 Å². The van der Waals surface area contributed by atoms with Gasteiger partial charge in [-0.15, -0.1) is 11.8 Å². The average Bonchev–Trinajstić information content (AvgIpc) is 2.82. The van der Waals surface area contributed by atoms with Crippen molar-refractivity contribution in [3.8, 4) is 0 Å². The second-order valence-corrected chi connectivity index (χ2v) is 6.67. The number of thioether (sulfide) groups is 1. The number of carbonyl (C=O) groups excluding carboxylic acids is 1. The van der Waals surface area contributed by atoms with Gasteiger partial charge in [-0.3, -0.25) is 4.79 Å². The Morgan fingerprint density at radius 2 is 1.95 bits per heavy atom. The lowest BCUT2D eigenvalue weighted by Crippen LogP contribution is -2.36. The fourth-order valence-corrected chi connectivity index (χ4v) is 3.57. The highest BCUT2D eigenvalue weighted by atomic mass is 35.5. The minimum atomic E-state index is 0.160. The van der Waals surface area contributed by atoms with E-state index in [1.54, 1.807) is 11.8 Å². The highest BCUT2D eigenvalue weighted by molar-refractivity contribution is 8.00. The van der Waals surface area contributed by atoms with E-state index in [9.17, 15) is 4.79 Å². The van der Waals surface area contributed by atoms with Crippen molar-refractivity contribution in [1.82, 2.24) is 0 Å². The Kier molecular flexibility index (Phi) is 4.22. The highest BCUT2D eigenvalue weighted by Crippen LogP contribution is 2.32. The smallest absolute Gasteiger partial charge is 0.237 e. The van der Waals surface area contributed by atoms with Gasteiger partial charge in [-0.05, 0) is 49.2 Å². The molecule has 0 saturated heterocycles. The molecule has 1 heterocycles. The molecule has 0 spiro atoms. The van der Waals surface area contributed by atoms with Gasteiger partial charge in [-0.1, -0.05) is 29.8 Å². The van der Waals surface area contributed by atoms with Crippen LogP contribution in [0.5, 0.6) is 0 Å². The Labute approximate surface area is 134 Å². The van der Waals surface area contributed by atoms with Gasteiger partial charge in [-0.2, -0.15) is 0 Å². The van der Waals surface area contributed by atoms with Crippen molar-refractivity contribution in [2.45, 2.75) is 24.3 Å². The monoisotopic (exact) mass is 317 g/mol. The van der Waals surface area contributed by atoms with Gasteiger partial charge >= 0.3 is 0 Å². The summed E-state index contributed by atoms with van der Waals surface area (Å²) in [6.07, 6.45) is 0.938. The summed E-state index contributed by atoms with van der Waals surface area (Å²) in [4.78, 5) is 15.5. The molecule has 108 valence electrons.